The highest BCUT2D eigenvalue weighted by Crippen LogP contribution is 2.25. The van der Waals surface area contributed by atoms with E-state index in [2.05, 4.69) is 32.7 Å². The van der Waals surface area contributed by atoms with Crippen LogP contribution in [0.4, 0.5) is 0 Å². The molecule has 0 saturated carbocycles. The molecule has 1 aliphatic heterocycles. The Kier molecular flexibility index (Phi) is 4.28. The van der Waals surface area contributed by atoms with Gasteiger partial charge < -0.3 is 9.72 Å². The summed E-state index contributed by atoms with van der Waals surface area (Å²) >= 11 is 0. The largest absolute Gasteiger partial charge is 0.497 e. The molecule has 2 aromatic heterocycles. The van der Waals surface area contributed by atoms with Gasteiger partial charge >= 0.3 is 0 Å². The molecule has 0 radical (unpaired) electrons. The molecule has 136 valence electrons. The smallest absolute Gasteiger partial charge is 0.252 e. The van der Waals surface area contributed by atoms with Crippen molar-refractivity contribution < 1.29 is 4.74 Å². The van der Waals surface area contributed by atoms with Gasteiger partial charge in [-0.15, -0.1) is 0 Å². The molecular formula is C20H24N4O2. The molecular weight excluding hydrogens is 328 g/mol. The van der Waals surface area contributed by atoms with Crippen LogP contribution in [0.15, 0.2) is 35.1 Å². The summed E-state index contributed by atoms with van der Waals surface area (Å²) in [6.07, 6.45) is 1.06. The van der Waals surface area contributed by atoms with Crippen LogP contribution in [0.1, 0.15) is 29.4 Å². The van der Waals surface area contributed by atoms with Crippen LogP contribution < -0.4 is 10.3 Å². The van der Waals surface area contributed by atoms with E-state index in [1.165, 1.54) is 5.69 Å². The number of aryl methyl sites for hydroxylation is 2. The molecule has 1 saturated heterocycles. The van der Waals surface area contributed by atoms with E-state index in [9.17, 15) is 4.79 Å². The van der Waals surface area contributed by atoms with Crippen molar-refractivity contribution in [3.8, 4) is 5.75 Å². The fraction of sp³-hybridized carbons (Fsp3) is 0.400. The molecule has 3 aromatic rings. The molecule has 6 nitrogen and oxygen atoms in total. The SMILES string of the molecule is COc1ccc2[nH]c(=O)c(CN3CCC(n4nc(C)cc4C)C3)cc2c1. The van der Waals surface area contributed by atoms with Gasteiger partial charge in [0.05, 0.1) is 18.8 Å². The Hall–Kier alpha value is -2.60. The average Bonchev–Trinajstić information content (AvgIpc) is 3.21. The Balaban J connectivity index is 1.55. The van der Waals surface area contributed by atoms with Gasteiger partial charge in [0.1, 0.15) is 5.75 Å². The molecule has 0 amide bonds. The van der Waals surface area contributed by atoms with Crippen LogP contribution in [0.25, 0.3) is 10.9 Å². The summed E-state index contributed by atoms with van der Waals surface area (Å²) < 4.78 is 7.42. The molecule has 1 aliphatic rings. The predicted octanol–water partition coefficient (Wildman–Crippen LogP) is 2.80. The highest BCUT2D eigenvalue weighted by atomic mass is 16.5. The van der Waals surface area contributed by atoms with E-state index in [0.717, 1.165) is 47.4 Å². The van der Waals surface area contributed by atoms with Gasteiger partial charge in [-0.25, -0.2) is 0 Å². The van der Waals surface area contributed by atoms with Crippen molar-refractivity contribution in [2.45, 2.75) is 32.9 Å². The quantitative estimate of drug-likeness (QED) is 0.784. The molecule has 6 heteroatoms. The van der Waals surface area contributed by atoms with Crippen LogP contribution in [-0.2, 0) is 6.54 Å². The summed E-state index contributed by atoms with van der Waals surface area (Å²) in [6, 6.07) is 10.2. The second-order valence-corrected chi connectivity index (χ2v) is 7.13. The molecule has 1 N–H and O–H groups in total. The maximum atomic E-state index is 12.5. The number of H-pyrrole nitrogens is 1. The van der Waals surface area contributed by atoms with E-state index in [-0.39, 0.29) is 5.56 Å². The summed E-state index contributed by atoms with van der Waals surface area (Å²) in [5.74, 6) is 0.793. The molecule has 1 atom stereocenters. The van der Waals surface area contributed by atoms with Crippen LogP contribution in [-0.4, -0.2) is 39.9 Å². The number of methoxy groups -OCH3 is 1. The van der Waals surface area contributed by atoms with Gasteiger partial charge in [0.15, 0.2) is 0 Å². The third-order valence-corrected chi connectivity index (χ3v) is 5.16. The lowest BCUT2D eigenvalue weighted by atomic mass is 10.1. The lowest BCUT2D eigenvalue weighted by Crippen LogP contribution is -2.26. The van der Waals surface area contributed by atoms with Crippen molar-refractivity contribution in [1.29, 1.82) is 0 Å². The average molecular weight is 352 g/mol. The van der Waals surface area contributed by atoms with E-state index >= 15 is 0 Å². The molecule has 0 spiro atoms. The Morgan fingerprint density at radius 1 is 1.27 bits per heavy atom. The molecule has 1 unspecified atom stereocenters. The Labute approximate surface area is 152 Å². The van der Waals surface area contributed by atoms with E-state index in [1.54, 1.807) is 7.11 Å². The number of hydrogen-bond acceptors (Lipinski definition) is 4. The first-order valence-corrected chi connectivity index (χ1v) is 8.98. The lowest BCUT2D eigenvalue weighted by Gasteiger charge is -2.17. The standard InChI is InChI=1S/C20H24N4O2/c1-13-8-14(2)24(22-13)17-6-7-23(12-17)11-16-9-15-10-18(26-3)4-5-19(15)21-20(16)25/h4-5,8-10,17H,6-7,11-12H2,1-3H3,(H,21,25). The Morgan fingerprint density at radius 2 is 2.12 bits per heavy atom. The number of nitrogens with one attached hydrogen (secondary N) is 1. The first-order chi connectivity index (χ1) is 12.5. The second-order valence-electron chi connectivity index (χ2n) is 7.13. The monoisotopic (exact) mass is 352 g/mol. The minimum atomic E-state index is -0.0165. The Bertz CT molecular complexity index is 1000. The van der Waals surface area contributed by atoms with Crippen molar-refractivity contribution in [3.05, 3.63) is 57.6 Å². The highest BCUT2D eigenvalue weighted by molar-refractivity contribution is 5.80. The van der Waals surface area contributed by atoms with Gasteiger partial charge in [0.25, 0.3) is 5.56 Å². The number of ether oxygens (including phenoxy) is 1. The molecule has 1 fully saturated rings. The zero-order chi connectivity index (χ0) is 18.3. The van der Waals surface area contributed by atoms with E-state index in [1.807, 2.05) is 31.2 Å². The van der Waals surface area contributed by atoms with E-state index < -0.39 is 0 Å². The van der Waals surface area contributed by atoms with Gasteiger partial charge in [-0.2, -0.15) is 5.10 Å². The fourth-order valence-electron chi connectivity index (χ4n) is 3.89. The van der Waals surface area contributed by atoms with Crippen molar-refractivity contribution in [2.24, 2.45) is 0 Å². The van der Waals surface area contributed by atoms with E-state index in [0.29, 0.717) is 12.6 Å². The number of nitrogens with zero attached hydrogens (tertiary/aromatic N) is 3. The Morgan fingerprint density at radius 3 is 2.85 bits per heavy atom. The maximum absolute atomic E-state index is 12.5. The molecule has 0 aliphatic carbocycles. The number of aromatic nitrogens is 3. The van der Waals surface area contributed by atoms with Crippen molar-refractivity contribution in [1.82, 2.24) is 19.7 Å². The van der Waals surface area contributed by atoms with Crippen molar-refractivity contribution in [3.63, 3.8) is 0 Å². The van der Waals surface area contributed by atoms with E-state index in [4.69, 9.17) is 4.74 Å². The summed E-state index contributed by atoms with van der Waals surface area (Å²) in [5, 5.41) is 5.61. The van der Waals surface area contributed by atoms with Gasteiger partial charge in [-0.3, -0.25) is 14.4 Å². The van der Waals surface area contributed by atoms with Crippen LogP contribution in [0, 0.1) is 13.8 Å². The highest BCUT2D eigenvalue weighted by Gasteiger charge is 2.26. The maximum Gasteiger partial charge on any atom is 0.252 e. The zero-order valence-corrected chi connectivity index (χ0v) is 15.5. The predicted molar refractivity (Wildman–Crippen MR) is 102 cm³/mol. The number of hydrogen-bond donors (Lipinski definition) is 1. The van der Waals surface area contributed by atoms with Crippen molar-refractivity contribution in [2.75, 3.05) is 20.2 Å². The minimum Gasteiger partial charge on any atom is -0.497 e. The van der Waals surface area contributed by atoms with Gasteiger partial charge in [-0.1, -0.05) is 0 Å². The first kappa shape index (κ1) is 16.8. The van der Waals surface area contributed by atoms with Crippen LogP contribution in [0.3, 0.4) is 0 Å². The number of likely N-dealkylation sites (tertiary alicyclic amines) is 1. The summed E-state index contributed by atoms with van der Waals surface area (Å²) in [7, 11) is 1.65. The first-order valence-electron chi connectivity index (χ1n) is 8.98. The number of rotatable bonds is 4. The fourth-order valence-corrected chi connectivity index (χ4v) is 3.89. The second kappa shape index (κ2) is 6.61. The zero-order valence-electron chi connectivity index (χ0n) is 15.5. The summed E-state index contributed by atoms with van der Waals surface area (Å²) in [6.45, 7) is 6.66. The topological polar surface area (TPSA) is 63.2 Å². The summed E-state index contributed by atoms with van der Waals surface area (Å²) in [4.78, 5) is 17.8. The third kappa shape index (κ3) is 3.12. The number of aromatic amines is 1. The lowest BCUT2D eigenvalue weighted by molar-refractivity contribution is 0.309. The number of pyridine rings is 1. The summed E-state index contributed by atoms with van der Waals surface area (Å²) in [5.41, 5.74) is 3.87. The molecule has 1 aromatic carbocycles. The number of fused-ring (bicyclic) bond motifs is 1. The van der Waals surface area contributed by atoms with Crippen LogP contribution in [0.5, 0.6) is 5.75 Å². The van der Waals surface area contributed by atoms with Crippen molar-refractivity contribution >= 4 is 10.9 Å². The molecule has 26 heavy (non-hydrogen) atoms. The molecule has 4 rings (SSSR count). The number of benzene rings is 1. The normalized spacial score (nSPS) is 17.9. The third-order valence-electron chi connectivity index (χ3n) is 5.16. The van der Waals surface area contributed by atoms with Crippen LogP contribution in [0.2, 0.25) is 0 Å². The van der Waals surface area contributed by atoms with Gasteiger partial charge in [-0.05, 0) is 50.6 Å². The van der Waals surface area contributed by atoms with Crippen LogP contribution >= 0.6 is 0 Å². The van der Waals surface area contributed by atoms with Gasteiger partial charge in [0, 0.05) is 41.8 Å². The minimum absolute atomic E-state index is 0.0165. The molecule has 0 bridgehead atoms. The van der Waals surface area contributed by atoms with Gasteiger partial charge in [0.2, 0.25) is 0 Å². The molecule has 3 heterocycles.